The van der Waals surface area contributed by atoms with Gasteiger partial charge in [-0.3, -0.25) is 4.79 Å². The van der Waals surface area contributed by atoms with E-state index in [1.165, 1.54) is 12.1 Å². The number of nitrogens with zero attached hydrogens (tertiary/aromatic N) is 1. The minimum absolute atomic E-state index is 0.0299. The van der Waals surface area contributed by atoms with Crippen molar-refractivity contribution >= 4 is 5.91 Å². The Hall–Kier alpha value is -1.66. The van der Waals surface area contributed by atoms with E-state index in [1.807, 2.05) is 0 Å². The highest BCUT2D eigenvalue weighted by molar-refractivity contribution is 5.79. The molecule has 0 aliphatic carbocycles. The van der Waals surface area contributed by atoms with E-state index in [1.54, 1.807) is 24.1 Å². The Morgan fingerprint density at radius 3 is 2.75 bits per heavy atom. The van der Waals surface area contributed by atoms with Crippen molar-refractivity contribution in [3.63, 3.8) is 0 Å². The van der Waals surface area contributed by atoms with Gasteiger partial charge in [0, 0.05) is 13.1 Å². The van der Waals surface area contributed by atoms with Crippen molar-refractivity contribution in [1.82, 2.24) is 4.90 Å². The molecule has 110 valence electrons. The molecule has 6 heteroatoms. The first-order chi connectivity index (χ1) is 9.58. The monoisotopic (exact) mass is 282 g/mol. The zero-order valence-corrected chi connectivity index (χ0v) is 11.4. The van der Waals surface area contributed by atoms with E-state index in [-0.39, 0.29) is 23.7 Å². The van der Waals surface area contributed by atoms with E-state index < -0.39 is 0 Å². The average molecular weight is 282 g/mol. The highest BCUT2D eigenvalue weighted by Crippen LogP contribution is 2.14. The van der Waals surface area contributed by atoms with E-state index >= 15 is 0 Å². The van der Waals surface area contributed by atoms with Crippen LogP contribution in [0.15, 0.2) is 24.3 Å². The zero-order chi connectivity index (χ0) is 14.5. The number of ether oxygens (including phenoxy) is 2. The largest absolute Gasteiger partial charge is 0.492 e. The molecule has 1 fully saturated rings. The van der Waals surface area contributed by atoms with Crippen LogP contribution in [0, 0.1) is 11.7 Å². The van der Waals surface area contributed by atoms with Crippen molar-refractivity contribution in [3.8, 4) is 5.75 Å². The van der Waals surface area contributed by atoms with Crippen molar-refractivity contribution in [2.45, 2.75) is 6.04 Å². The van der Waals surface area contributed by atoms with Crippen LogP contribution in [0.5, 0.6) is 5.75 Å². The van der Waals surface area contributed by atoms with Gasteiger partial charge in [-0.15, -0.1) is 0 Å². The second kappa shape index (κ2) is 6.67. The van der Waals surface area contributed by atoms with Crippen LogP contribution in [-0.4, -0.2) is 50.3 Å². The number of rotatable bonds is 5. The van der Waals surface area contributed by atoms with Crippen LogP contribution >= 0.6 is 0 Å². The van der Waals surface area contributed by atoms with Gasteiger partial charge in [0.15, 0.2) is 0 Å². The zero-order valence-electron chi connectivity index (χ0n) is 11.4. The Kier molecular flexibility index (Phi) is 4.92. The molecule has 2 atom stereocenters. The van der Waals surface area contributed by atoms with Crippen LogP contribution in [-0.2, 0) is 9.53 Å². The molecule has 5 nitrogen and oxygen atoms in total. The summed E-state index contributed by atoms with van der Waals surface area (Å²) >= 11 is 0. The number of carbonyl (C=O) groups is 1. The highest BCUT2D eigenvalue weighted by Gasteiger charge is 2.33. The van der Waals surface area contributed by atoms with Gasteiger partial charge in [0.1, 0.15) is 18.2 Å². The first-order valence-corrected chi connectivity index (χ1v) is 6.54. The highest BCUT2D eigenvalue weighted by atomic mass is 19.1. The van der Waals surface area contributed by atoms with Gasteiger partial charge in [0.05, 0.1) is 25.7 Å². The van der Waals surface area contributed by atoms with Crippen LogP contribution in [0.4, 0.5) is 4.39 Å². The summed E-state index contributed by atoms with van der Waals surface area (Å²) in [7, 11) is 1.71. The summed E-state index contributed by atoms with van der Waals surface area (Å²) in [6.45, 7) is 1.59. The smallest absolute Gasteiger partial charge is 0.229 e. The van der Waals surface area contributed by atoms with Gasteiger partial charge in [-0.05, 0) is 24.3 Å². The summed E-state index contributed by atoms with van der Waals surface area (Å²) in [5, 5.41) is 0. The molecular weight excluding hydrogens is 263 g/mol. The van der Waals surface area contributed by atoms with Crippen molar-refractivity contribution in [2.75, 3.05) is 33.4 Å². The molecule has 20 heavy (non-hydrogen) atoms. The van der Waals surface area contributed by atoms with Gasteiger partial charge in [0.2, 0.25) is 5.91 Å². The van der Waals surface area contributed by atoms with E-state index in [9.17, 15) is 9.18 Å². The lowest BCUT2D eigenvalue weighted by molar-refractivity contribution is -0.134. The molecule has 0 spiro atoms. The molecule has 0 saturated carbocycles. The van der Waals surface area contributed by atoms with Gasteiger partial charge in [-0.1, -0.05) is 0 Å². The Balaban J connectivity index is 1.75. The fourth-order valence-corrected chi connectivity index (χ4v) is 2.05. The molecule has 2 N–H and O–H groups in total. The second-order valence-corrected chi connectivity index (χ2v) is 4.87. The molecule has 0 radical (unpaired) electrons. The average Bonchev–Trinajstić information content (AvgIpc) is 2.86. The number of hydrogen-bond donors (Lipinski definition) is 1. The fraction of sp³-hybridized carbons (Fsp3) is 0.500. The number of amides is 1. The predicted molar refractivity (Wildman–Crippen MR) is 71.8 cm³/mol. The third-order valence-electron chi connectivity index (χ3n) is 3.33. The predicted octanol–water partition coefficient (Wildman–Crippen LogP) is 0.637. The van der Waals surface area contributed by atoms with Gasteiger partial charge < -0.3 is 20.1 Å². The van der Waals surface area contributed by atoms with Gasteiger partial charge >= 0.3 is 0 Å². The summed E-state index contributed by atoms with van der Waals surface area (Å²) < 4.78 is 23.4. The van der Waals surface area contributed by atoms with E-state index in [0.717, 1.165) is 0 Å². The van der Waals surface area contributed by atoms with E-state index in [0.29, 0.717) is 32.1 Å². The number of nitrogens with two attached hydrogens (primary N) is 1. The molecule has 2 rings (SSSR count). The molecule has 1 heterocycles. The quantitative estimate of drug-likeness (QED) is 0.860. The van der Waals surface area contributed by atoms with E-state index in [4.69, 9.17) is 15.2 Å². The van der Waals surface area contributed by atoms with Crippen LogP contribution < -0.4 is 10.5 Å². The Bertz CT molecular complexity index is 452. The maximum Gasteiger partial charge on any atom is 0.229 e. The maximum absolute atomic E-state index is 12.7. The van der Waals surface area contributed by atoms with Crippen LogP contribution in [0.3, 0.4) is 0 Å². The lowest BCUT2D eigenvalue weighted by Gasteiger charge is -2.22. The van der Waals surface area contributed by atoms with Gasteiger partial charge in [-0.2, -0.15) is 0 Å². The first kappa shape index (κ1) is 14.7. The number of hydrogen-bond acceptors (Lipinski definition) is 4. The van der Waals surface area contributed by atoms with Crippen molar-refractivity contribution in [2.24, 2.45) is 11.7 Å². The summed E-state index contributed by atoms with van der Waals surface area (Å²) in [6, 6.07) is 5.54. The summed E-state index contributed by atoms with van der Waals surface area (Å²) in [5.74, 6) is -0.0310. The minimum atomic E-state index is -0.306. The number of benzene rings is 1. The maximum atomic E-state index is 12.7. The normalized spacial score (nSPS) is 21.8. The molecule has 1 aromatic carbocycles. The molecule has 1 aliphatic rings. The number of carbonyl (C=O) groups excluding carboxylic acids is 1. The van der Waals surface area contributed by atoms with Gasteiger partial charge in [0.25, 0.3) is 0 Å². The number of halogens is 1. The molecule has 0 aromatic heterocycles. The molecule has 1 aliphatic heterocycles. The SMILES string of the molecule is CN(CCOc1ccc(F)cc1)C(=O)C1COCC1N. The van der Waals surface area contributed by atoms with Crippen LogP contribution in [0.1, 0.15) is 0 Å². The molecular formula is C14H19FN2O3. The molecule has 0 bridgehead atoms. The Labute approximate surface area is 117 Å². The fourth-order valence-electron chi connectivity index (χ4n) is 2.05. The molecule has 1 amide bonds. The summed E-state index contributed by atoms with van der Waals surface area (Å²) in [4.78, 5) is 13.7. The van der Waals surface area contributed by atoms with Gasteiger partial charge in [-0.25, -0.2) is 4.39 Å². The molecule has 2 unspecified atom stereocenters. The molecule has 1 aromatic rings. The van der Waals surface area contributed by atoms with Crippen molar-refractivity contribution in [3.05, 3.63) is 30.1 Å². The van der Waals surface area contributed by atoms with Crippen molar-refractivity contribution in [1.29, 1.82) is 0 Å². The van der Waals surface area contributed by atoms with E-state index in [2.05, 4.69) is 0 Å². The third-order valence-corrected chi connectivity index (χ3v) is 3.33. The Morgan fingerprint density at radius 2 is 2.15 bits per heavy atom. The summed E-state index contributed by atoms with van der Waals surface area (Å²) in [6.07, 6.45) is 0. The topological polar surface area (TPSA) is 64.8 Å². The summed E-state index contributed by atoms with van der Waals surface area (Å²) in [5.41, 5.74) is 5.81. The Morgan fingerprint density at radius 1 is 1.45 bits per heavy atom. The van der Waals surface area contributed by atoms with Crippen molar-refractivity contribution < 1.29 is 18.7 Å². The minimum Gasteiger partial charge on any atom is -0.492 e. The first-order valence-electron chi connectivity index (χ1n) is 6.54. The lowest BCUT2D eigenvalue weighted by Crippen LogP contribution is -2.43. The molecule has 1 saturated heterocycles. The van der Waals surface area contributed by atoms with Crippen LogP contribution in [0.25, 0.3) is 0 Å². The standard InChI is InChI=1S/C14H19FN2O3/c1-17(14(18)12-8-19-9-13(12)16)6-7-20-11-4-2-10(15)3-5-11/h2-5,12-13H,6-9,16H2,1H3. The third kappa shape index (κ3) is 3.68. The lowest BCUT2D eigenvalue weighted by atomic mass is 10.0. The second-order valence-electron chi connectivity index (χ2n) is 4.87. The number of likely N-dealkylation sites (N-methyl/N-ethyl adjacent to an activating group) is 1. The van der Waals surface area contributed by atoms with Crippen LogP contribution in [0.2, 0.25) is 0 Å².